The summed E-state index contributed by atoms with van der Waals surface area (Å²) in [6, 6.07) is 0. The molecule has 6 nitrogen and oxygen atoms in total. The van der Waals surface area contributed by atoms with E-state index in [1.165, 1.54) is 212 Å². The van der Waals surface area contributed by atoms with Crippen LogP contribution in [0.1, 0.15) is 310 Å². The Morgan fingerprint density at radius 3 is 0.667 bits per heavy atom. The molecule has 60 heavy (non-hydrogen) atoms. The van der Waals surface area contributed by atoms with E-state index in [1.54, 1.807) is 0 Å². The SMILES string of the molecule is CCCCCCCCCCCCCCCCCCCCC(=O)OC[C@@H](COC(=O)CCCCCCCCCCCCCC)OC(=O)CCCCCCCCCCCCCC. The lowest BCUT2D eigenvalue weighted by Gasteiger charge is -2.18. The fourth-order valence-corrected chi connectivity index (χ4v) is 8.27. The third-order valence-corrected chi connectivity index (χ3v) is 12.4. The highest BCUT2D eigenvalue weighted by molar-refractivity contribution is 5.71. The maximum absolute atomic E-state index is 12.8. The van der Waals surface area contributed by atoms with Gasteiger partial charge in [0.15, 0.2) is 6.10 Å². The molecule has 0 fully saturated rings. The number of hydrogen-bond acceptors (Lipinski definition) is 6. The van der Waals surface area contributed by atoms with Gasteiger partial charge in [-0.15, -0.1) is 0 Å². The van der Waals surface area contributed by atoms with Crippen LogP contribution in [-0.4, -0.2) is 37.2 Å². The minimum absolute atomic E-state index is 0.0616. The molecule has 0 unspecified atom stereocenters. The maximum Gasteiger partial charge on any atom is 0.306 e. The Bertz CT molecular complexity index is 889. The molecule has 0 aromatic heterocycles. The van der Waals surface area contributed by atoms with E-state index in [9.17, 15) is 14.4 Å². The van der Waals surface area contributed by atoms with Crippen LogP contribution in [-0.2, 0) is 28.6 Å². The van der Waals surface area contributed by atoms with Gasteiger partial charge in [-0.3, -0.25) is 14.4 Å². The summed E-state index contributed by atoms with van der Waals surface area (Å²) in [6.45, 7) is 6.68. The highest BCUT2D eigenvalue weighted by Gasteiger charge is 2.19. The second-order valence-electron chi connectivity index (χ2n) is 18.5. The van der Waals surface area contributed by atoms with Crippen LogP contribution in [0.25, 0.3) is 0 Å². The van der Waals surface area contributed by atoms with Crippen molar-refractivity contribution in [3.8, 4) is 0 Å². The van der Waals surface area contributed by atoms with E-state index >= 15 is 0 Å². The van der Waals surface area contributed by atoms with Gasteiger partial charge in [0.1, 0.15) is 13.2 Å². The number of carbonyl (C=O) groups excluding carboxylic acids is 3. The number of carbonyl (C=O) groups is 3. The third kappa shape index (κ3) is 47.5. The Balaban J connectivity index is 4.25. The van der Waals surface area contributed by atoms with Crippen molar-refractivity contribution in [3.05, 3.63) is 0 Å². The van der Waals surface area contributed by atoms with Gasteiger partial charge in [-0.2, -0.15) is 0 Å². The van der Waals surface area contributed by atoms with Gasteiger partial charge in [-0.05, 0) is 19.3 Å². The summed E-state index contributed by atoms with van der Waals surface area (Å²) in [5.41, 5.74) is 0. The Morgan fingerprint density at radius 1 is 0.267 bits per heavy atom. The van der Waals surface area contributed by atoms with Crippen LogP contribution < -0.4 is 0 Å². The zero-order valence-electron chi connectivity index (χ0n) is 40.8. The molecule has 0 aromatic carbocycles. The van der Waals surface area contributed by atoms with Crippen molar-refractivity contribution in [2.75, 3.05) is 13.2 Å². The highest BCUT2D eigenvalue weighted by atomic mass is 16.6. The molecule has 0 radical (unpaired) electrons. The van der Waals surface area contributed by atoms with E-state index < -0.39 is 6.10 Å². The first kappa shape index (κ1) is 58.4. The lowest BCUT2D eigenvalue weighted by Crippen LogP contribution is -2.30. The van der Waals surface area contributed by atoms with Crippen LogP contribution in [0.4, 0.5) is 0 Å². The minimum atomic E-state index is -0.759. The molecule has 0 bridgehead atoms. The standard InChI is InChI=1S/C54H104O6/c1-4-7-10-13-16-19-22-25-26-27-28-29-30-33-35-38-41-44-47-53(56)59-50-51(60-54(57)48-45-42-39-36-32-24-21-18-15-12-9-6-3)49-58-52(55)46-43-40-37-34-31-23-20-17-14-11-8-5-2/h51H,4-50H2,1-3H3/t51-/m1/s1. The lowest BCUT2D eigenvalue weighted by molar-refractivity contribution is -0.167. The second-order valence-corrected chi connectivity index (χ2v) is 18.5. The number of unbranched alkanes of at least 4 members (excludes halogenated alkanes) is 39. The number of esters is 3. The summed E-state index contributed by atoms with van der Waals surface area (Å²) in [4.78, 5) is 38.0. The first-order valence-corrected chi connectivity index (χ1v) is 27.0. The molecule has 1 atom stereocenters. The molecule has 0 saturated heterocycles. The first-order valence-electron chi connectivity index (χ1n) is 27.0. The van der Waals surface area contributed by atoms with Crippen molar-refractivity contribution < 1.29 is 28.6 Å². The summed E-state index contributed by atoms with van der Waals surface area (Å²) in [7, 11) is 0. The number of hydrogen-bond donors (Lipinski definition) is 0. The quantitative estimate of drug-likeness (QED) is 0.0345. The lowest BCUT2D eigenvalue weighted by atomic mass is 10.0. The molecular weight excluding hydrogens is 745 g/mol. The van der Waals surface area contributed by atoms with E-state index in [0.29, 0.717) is 19.3 Å². The average Bonchev–Trinajstić information content (AvgIpc) is 3.24. The molecule has 6 heteroatoms. The van der Waals surface area contributed by atoms with Crippen molar-refractivity contribution in [2.45, 2.75) is 316 Å². The molecule has 0 aliphatic heterocycles. The molecule has 0 aliphatic rings. The maximum atomic E-state index is 12.8. The van der Waals surface area contributed by atoms with Gasteiger partial charge in [0.05, 0.1) is 0 Å². The monoisotopic (exact) mass is 849 g/mol. The van der Waals surface area contributed by atoms with Gasteiger partial charge < -0.3 is 14.2 Å². The third-order valence-electron chi connectivity index (χ3n) is 12.4. The Kier molecular flexibility index (Phi) is 48.7. The molecule has 0 spiro atoms. The summed E-state index contributed by atoms with van der Waals surface area (Å²) in [5.74, 6) is -0.839. The number of ether oxygens (including phenoxy) is 3. The van der Waals surface area contributed by atoms with Gasteiger partial charge in [0.25, 0.3) is 0 Å². The Hall–Kier alpha value is -1.59. The summed E-state index contributed by atoms with van der Waals surface area (Å²) in [6.07, 6.45) is 53.7. The van der Waals surface area contributed by atoms with Gasteiger partial charge >= 0.3 is 17.9 Å². The molecule has 0 N–H and O–H groups in total. The van der Waals surface area contributed by atoms with E-state index in [2.05, 4.69) is 20.8 Å². The topological polar surface area (TPSA) is 78.9 Å². The molecule has 356 valence electrons. The normalized spacial score (nSPS) is 11.8. The smallest absolute Gasteiger partial charge is 0.306 e. The predicted molar refractivity (Wildman–Crippen MR) is 257 cm³/mol. The highest BCUT2D eigenvalue weighted by Crippen LogP contribution is 2.17. The molecule has 0 saturated carbocycles. The van der Waals surface area contributed by atoms with Crippen LogP contribution >= 0.6 is 0 Å². The molecule has 0 heterocycles. The van der Waals surface area contributed by atoms with Gasteiger partial charge in [-0.25, -0.2) is 0 Å². The Labute approximate surface area is 374 Å². The van der Waals surface area contributed by atoms with Crippen LogP contribution in [0.2, 0.25) is 0 Å². The van der Waals surface area contributed by atoms with Crippen molar-refractivity contribution in [1.29, 1.82) is 0 Å². The second kappa shape index (κ2) is 50.1. The minimum Gasteiger partial charge on any atom is -0.462 e. The fraction of sp³-hybridized carbons (Fsp3) is 0.944. The van der Waals surface area contributed by atoms with Gasteiger partial charge in [0.2, 0.25) is 0 Å². The Morgan fingerprint density at radius 2 is 0.450 bits per heavy atom. The first-order chi connectivity index (χ1) is 29.5. The zero-order chi connectivity index (χ0) is 43.7. The zero-order valence-corrected chi connectivity index (χ0v) is 40.8. The molecule has 0 aromatic rings. The van der Waals surface area contributed by atoms with E-state index in [0.717, 1.165) is 57.8 Å². The molecular formula is C54H104O6. The van der Waals surface area contributed by atoms with E-state index in [1.807, 2.05) is 0 Å². The van der Waals surface area contributed by atoms with Gasteiger partial charge in [-0.1, -0.05) is 271 Å². The fourth-order valence-electron chi connectivity index (χ4n) is 8.27. The molecule has 0 rings (SSSR count). The largest absolute Gasteiger partial charge is 0.462 e. The van der Waals surface area contributed by atoms with Crippen LogP contribution in [0.15, 0.2) is 0 Å². The van der Waals surface area contributed by atoms with Crippen LogP contribution in [0, 0.1) is 0 Å². The predicted octanol–water partition coefficient (Wildman–Crippen LogP) is 17.6. The van der Waals surface area contributed by atoms with Crippen molar-refractivity contribution in [3.63, 3.8) is 0 Å². The van der Waals surface area contributed by atoms with E-state index in [-0.39, 0.29) is 31.1 Å². The molecule has 0 amide bonds. The summed E-state index contributed by atoms with van der Waals surface area (Å²) < 4.78 is 16.8. The number of rotatable bonds is 50. The van der Waals surface area contributed by atoms with Crippen molar-refractivity contribution in [1.82, 2.24) is 0 Å². The average molecular weight is 849 g/mol. The van der Waals surface area contributed by atoms with Gasteiger partial charge in [0, 0.05) is 19.3 Å². The van der Waals surface area contributed by atoms with E-state index in [4.69, 9.17) is 14.2 Å². The van der Waals surface area contributed by atoms with Crippen molar-refractivity contribution >= 4 is 17.9 Å². The van der Waals surface area contributed by atoms with Crippen molar-refractivity contribution in [2.24, 2.45) is 0 Å². The summed E-state index contributed by atoms with van der Waals surface area (Å²) >= 11 is 0. The van der Waals surface area contributed by atoms with Crippen LogP contribution in [0.5, 0.6) is 0 Å². The van der Waals surface area contributed by atoms with Crippen LogP contribution in [0.3, 0.4) is 0 Å². The molecule has 0 aliphatic carbocycles. The summed E-state index contributed by atoms with van der Waals surface area (Å²) in [5, 5.41) is 0.